The van der Waals surface area contributed by atoms with Gasteiger partial charge in [-0.05, 0) is 88.0 Å². The van der Waals surface area contributed by atoms with Crippen LogP contribution in [0.5, 0.6) is 0 Å². The lowest BCUT2D eigenvalue weighted by molar-refractivity contribution is -0.260. The maximum Gasteiger partial charge on any atom is 0.308 e. The number of nitrogens with zero attached hydrogens (tertiary/aromatic N) is 2. The molecule has 0 spiro atoms. The normalized spacial score (nSPS) is 22.4. The van der Waals surface area contributed by atoms with Crippen LogP contribution in [0.4, 0.5) is 10.1 Å². The number of carbonyl (C=O) groups excluding carboxylic acids is 3. The highest BCUT2D eigenvalue weighted by atomic mass is 35.5. The predicted molar refractivity (Wildman–Crippen MR) is 187 cm³/mol. The molecular weight excluding hydrogens is 653 g/mol. The second kappa shape index (κ2) is 15.3. The number of fused-ring (bicyclic) bond motifs is 1. The number of hydrogen-bond donors (Lipinski definition) is 1. The van der Waals surface area contributed by atoms with Gasteiger partial charge >= 0.3 is 5.97 Å². The highest BCUT2D eigenvalue weighted by Gasteiger charge is 2.53. The summed E-state index contributed by atoms with van der Waals surface area (Å²) in [6, 6.07) is 10.3. The average molecular weight is 698 g/mol. The summed E-state index contributed by atoms with van der Waals surface area (Å²) in [6.07, 6.45) is 5.92. The predicted octanol–water partition coefficient (Wildman–Crippen LogP) is 7.68. The quantitative estimate of drug-likeness (QED) is 0.206. The van der Waals surface area contributed by atoms with E-state index in [4.69, 9.17) is 21.1 Å². The molecule has 48 heavy (non-hydrogen) atoms. The highest BCUT2D eigenvalue weighted by Crippen LogP contribution is 2.39. The first-order valence-corrected chi connectivity index (χ1v) is 18.6. The number of ether oxygens (including phenoxy) is 2. The minimum Gasteiger partial charge on any atom is -0.466 e. The number of thiophene rings is 1. The van der Waals surface area contributed by atoms with Gasteiger partial charge in [0.1, 0.15) is 5.82 Å². The standard InChI is InChI=1S/C37H45ClFN3O5S/c1-3-46-36(45)25-10-12-27(13-11-25)47-37(41-16-6-7-17-41,42-18-14-24(2)15-19-42)34(43)21-26-20-30(38)32(22-31(26)39)40-35(44)29-23-48-33-9-5-4-8-28(29)33/h4-5,8-9,20,22-25,27H,3,6-7,10-19,21H2,1-2H3,(H,40,44)/t25-,27-,37?. The smallest absolute Gasteiger partial charge is 0.308 e. The monoisotopic (exact) mass is 697 g/mol. The summed E-state index contributed by atoms with van der Waals surface area (Å²) in [5.74, 6) is -2.35. The summed E-state index contributed by atoms with van der Waals surface area (Å²) < 4.78 is 29.1. The summed E-state index contributed by atoms with van der Waals surface area (Å²) in [5.41, 5.74) is 0.801. The van der Waals surface area contributed by atoms with Crippen molar-refractivity contribution in [2.24, 2.45) is 11.8 Å². The van der Waals surface area contributed by atoms with E-state index >= 15 is 4.39 Å². The maximum absolute atomic E-state index is 15.9. The minimum absolute atomic E-state index is 0.149. The first-order chi connectivity index (χ1) is 23.2. The van der Waals surface area contributed by atoms with Gasteiger partial charge in [0, 0.05) is 48.1 Å². The number of esters is 1. The van der Waals surface area contributed by atoms with Crippen LogP contribution in [0.3, 0.4) is 0 Å². The van der Waals surface area contributed by atoms with Gasteiger partial charge in [-0.1, -0.05) is 36.7 Å². The Labute approximate surface area is 290 Å². The fraction of sp³-hybridized carbons (Fsp3) is 0.541. The van der Waals surface area contributed by atoms with Crippen molar-refractivity contribution in [3.63, 3.8) is 0 Å². The van der Waals surface area contributed by atoms with E-state index in [1.165, 1.54) is 23.5 Å². The first-order valence-electron chi connectivity index (χ1n) is 17.3. The van der Waals surface area contributed by atoms with Crippen molar-refractivity contribution in [1.29, 1.82) is 0 Å². The lowest BCUT2D eigenvalue weighted by Gasteiger charge is -2.51. The zero-order chi connectivity index (χ0) is 33.8. The molecule has 1 atom stereocenters. The SMILES string of the molecule is CCOC(=O)[C@H]1CC[C@H](OC(C(=O)Cc2cc(Cl)c(NC(=O)c3csc4ccccc34)cc2F)(N2CCCC2)N2CCC(C)CC2)CC1. The Balaban J connectivity index is 1.25. The van der Waals surface area contributed by atoms with Gasteiger partial charge in [0.15, 0.2) is 5.78 Å². The fourth-order valence-corrected chi connectivity index (χ4v) is 8.63. The molecule has 0 radical (unpaired) electrons. The molecule has 2 saturated heterocycles. The van der Waals surface area contributed by atoms with Crippen molar-refractivity contribution in [3.05, 3.63) is 63.7 Å². The Morgan fingerprint density at radius 1 is 1.00 bits per heavy atom. The third kappa shape index (κ3) is 7.33. The molecule has 1 amide bonds. The Morgan fingerprint density at radius 2 is 1.69 bits per heavy atom. The molecule has 3 aliphatic rings. The number of halogens is 2. The first kappa shape index (κ1) is 35.0. The second-order valence-electron chi connectivity index (χ2n) is 13.4. The molecule has 3 heterocycles. The molecule has 3 fully saturated rings. The van der Waals surface area contributed by atoms with Crippen molar-refractivity contribution in [3.8, 4) is 0 Å². The van der Waals surface area contributed by atoms with Gasteiger partial charge in [0.25, 0.3) is 5.91 Å². The lowest BCUT2D eigenvalue weighted by atomic mass is 9.87. The van der Waals surface area contributed by atoms with Gasteiger partial charge < -0.3 is 14.8 Å². The van der Waals surface area contributed by atoms with Crippen molar-refractivity contribution >= 4 is 56.4 Å². The van der Waals surface area contributed by atoms with Gasteiger partial charge in [0.05, 0.1) is 34.9 Å². The third-order valence-electron chi connectivity index (χ3n) is 10.2. The number of rotatable bonds is 11. The summed E-state index contributed by atoms with van der Waals surface area (Å²) in [5, 5.41) is 5.52. The molecular formula is C37H45ClFN3O5S. The number of nitrogens with one attached hydrogen (secondary N) is 1. The van der Waals surface area contributed by atoms with E-state index in [9.17, 15) is 14.4 Å². The van der Waals surface area contributed by atoms with Crippen LogP contribution < -0.4 is 5.32 Å². The molecule has 8 nitrogen and oxygen atoms in total. The molecule has 0 bridgehead atoms. The Bertz CT molecular complexity index is 1630. The van der Waals surface area contributed by atoms with E-state index in [-0.39, 0.29) is 52.4 Å². The van der Waals surface area contributed by atoms with Crippen molar-refractivity contribution in [2.75, 3.05) is 38.1 Å². The summed E-state index contributed by atoms with van der Waals surface area (Å²) in [6.45, 7) is 7.22. The number of amides is 1. The molecule has 1 N–H and O–H groups in total. The number of carbonyl (C=O) groups is 3. The third-order valence-corrected chi connectivity index (χ3v) is 11.5. The van der Waals surface area contributed by atoms with Crippen LogP contribution in [0, 0.1) is 17.7 Å². The summed E-state index contributed by atoms with van der Waals surface area (Å²) in [7, 11) is 0. The second-order valence-corrected chi connectivity index (χ2v) is 14.8. The van der Waals surface area contributed by atoms with Crippen LogP contribution in [0.15, 0.2) is 41.8 Å². The van der Waals surface area contributed by atoms with E-state index in [1.54, 1.807) is 5.38 Å². The summed E-state index contributed by atoms with van der Waals surface area (Å²) in [4.78, 5) is 44.7. The average Bonchev–Trinajstić information content (AvgIpc) is 3.78. The molecule has 258 valence electrons. The summed E-state index contributed by atoms with van der Waals surface area (Å²) >= 11 is 8.12. The van der Waals surface area contributed by atoms with Gasteiger partial charge in [-0.3, -0.25) is 24.2 Å². The van der Waals surface area contributed by atoms with Crippen LogP contribution in [-0.4, -0.2) is 72.2 Å². The lowest BCUT2D eigenvalue weighted by Crippen LogP contribution is -2.69. The number of likely N-dealkylation sites (tertiary alicyclic amines) is 2. The number of Topliss-reactive ketones (excluding diaryl/α,β-unsaturated/α-hetero) is 1. The Hall–Kier alpha value is -2.89. The van der Waals surface area contributed by atoms with Crippen LogP contribution in [0.25, 0.3) is 10.1 Å². The zero-order valence-electron chi connectivity index (χ0n) is 27.8. The van der Waals surface area contributed by atoms with E-state index in [1.807, 2.05) is 31.2 Å². The number of anilines is 1. The topological polar surface area (TPSA) is 88.2 Å². The van der Waals surface area contributed by atoms with Crippen LogP contribution in [0.1, 0.15) is 81.1 Å². The van der Waals surface area contributed by atoms with Crippen molar-refractivity contribution in [2.45, 2.75) is 83.6 Å². The molecule has 1 unspecified atom stereocenters. The molecule has 11 heteroatoms. The molecule has 2 aliphatic heterocycles. The van der Waals surface area contributed by atoms with Crippen LogP contribution in [-0.2, 0) is 25.5 Å². The molecule has 1 saturated carbocycles. The van der Waals surface area contributed by atoms with Crippen molar-refractivity contribution < 1.29 is 28.2 Å². The van der Waals surface area contributed by atoms with E-state index in [0.29, 0.717) is 70.0 Å². The Kier molecular flexibility index (Phi) is 11.2. The minimum atomic E-state index is -1.34. The molecule has 1 aliphatic carbocycles. The number of piperidine rings is 1. The van der Waals surface area contributed by atoms with Gasteiger partial charge in [-0.2, -0.15) is 0 Å². The number of hydrogen-bond acceptors (Lipinski definition) is 8. The number of ketones is 1. The molecule has 2 aromatic carbocycles. The van der Waals surface area contributed by atoms with Gasteiger partial charge in [-0.15, -0.1) is 11.3 Å². The van der Waals surface area contributed by atoms with E-state index in [2.05, 4.69) is 22.0 Å². The van der Waals surface area contributed by atoms with E-state index < -0.39 is 11.7 Å². The van der Waals surface area contributed by atoms with Gasteiger partial charge in [-0.25, -0.2) is 4.39 Å². The van der Waals surface area contributed by atoms with E-state index in [0.717, 1.165) is 35.8 Å². The van der Waals surface area contributed by atoms with Gasteiger partial charge in [0.2, 0.25) is 5.85 Å². The molecule has 3 aromatic rings. The zero-order valence-corrected chi connectivity index (χ0v) is 29.3. The molecule has 1 aromatic heterocycles. The largest absolute Gasteiger partial charge is 0.466 e. The van der Waals surface area contributed by atoms with Crippen molar-refractivity contribution in [1.82, 2.24) is 9.80 Å². The molecule has 6 rings (SSSR count). The maximum atomic E-state index is 15.9. The van der Waals surface area contributed by atoms with Crippen LogP contribution >= 0.6 is 22.9 Å². The highest BCUT2D eigenvalue weighted by molar-refractivity contribution is 7.17. The fourth-order valence-electron chi connectivity index (χ4n) is 7.46. The Morgan fingerprint density at radius 3 is 2.40 bits per heavy atom. The van der Waals surface area contributed by atoms with Crippen LogP contribution in [0.2, 0.25) is 5.02 Å². The number of benzene rings is 2.